The highest BCUT2D eigenvalue weighted by molar-refractivity contribution is 6.04. The van der Waals surface area contributed by atoms with Gasteiger partial charge in [-0.15, -0.1) is 24.8 Å². The molecule has 4 rings (SSSR count). The Balaban J connectivity index is 0.00000150. The van der Waals surface area contributed by atoms with Gasteiger partial charge in [-0.1, -0.05) is 0 Å². The van der Waals surface area contributed by atoms with E-state index in [1.54, 1.807) is 15.4 Å². The van der Waals surface area contributed by atoms with Crippen LogP contribution in [0.25, 0.3) is 0 Å². The molecule has 2 fully saturated rings. The number of anilines is 1. The second-order valence-corrected chi connectivity index (χ2v) is 7.85. The van der Waals surface area contributed by atoms with Gasteiger partial charge in [-0.2, -0.15) is 5.10 Å². The molecule has 1 atom stereocenters. The summed E-state index contributed by atoms with van der Waals surface area (Å²) >= 11 is 0. The SMILES string of the molecule is Cc1ccn(CC2CCCNC2)c(=O)c1C(=O)Nc1cc(C2CC2)nn1C.Cl.Cl. The van der Waals surface area contributed by atoms with Crippen molar-refractivity contribution >= 4 is 36.5 Å². The van der Waals surface area contributed by atoms with E-state index in [1.165, 1.54) is 0 Å². The van der Waals surface area contributed by atoms with Gasteiger partial charge in [-0.05, 0) is 63.2 Å². The zero-order valence-electron chi connectivity index (χ0n) is 16.8. The van der Waals surface area contributed by atoms with Crippen LogP contribution >= 0.6 is 24.8 Å². The Labute approximate surface area is 183 Å². The molecule has 3 heterocycles. The van der Waals surface area contributed by atoms with Crippen LogP contribution in [0.3, 0.4) is 0 Å². The number of nitrogens with one attached hydrogen (secondary N) is 2. The lowest BCUT2D eigenvalue weighted by atomic mass is 9.99. The van der Waals surface area contributed by atoms with E-state index < -0.39 is 0 Å². The zero-order valence-corrected chi connectivity index (χ0v) is 18.4. The summed E-state index contributed by atoms with van der Waals surface area (Å²) in [5.41, 5.74) is 1.71. The van der Waals surface area contributed by atoms with E-state index in [-0.39, 0.29) is 41.8 Å². The molecule has 1 amide bonds. The van der Waals surface area contributed by atoms with Crippen LogP contribution in [-0.4, -0.2) is 33.3 Å². The number of carbonyl (C=O) groups is 1. The second-order valence-electron chi connectivity index (χ2n) is 7.85. The molecule has 0 aromatic carbocycles. The molecule has 1 aliphatic heterocycles. The van der Waals surface area contributed by atoms with Crippen molar-refractivity contribution in [2.75, 3.05) is 18.4 Å². The molecule has 1 unspecified atom stereocenters. The number of aromatic nitrogens is 3. The fourth-order valence-electron chi connectivity index (χ4n) is 3.81. The number of nitrogens with zero attached hydrogens (tertiary/aromatic N) is 3. The molecule has 2 aromatic heterocycles. The maximum absolute atomic E-state index is 13.0. The first-order valence-electron chi connectivity index (χ1n) is 9.79. The average molecular weight is 442 g/mol. The van der Waals surface area contributed by atoms with Crippen LogP contribution in [0.5, 0.6) is 0 Å². The number of pyridine rings is 1. The van der Waals surface area contributed by atoms with Gasteiger partial charge in [0, 0.05) is 31.8 Å². The minimum atomic E-state index is -0.362. The van der Waals surface area contributed by atoms with Crippen LogP contribution in [0.4, 0.5) is 5.82 Å². The van der Waals surface area contributed by atoms with E-state index in [9.17, 15) is 9.59 Å². The Morgan fingerprint density at radius 1 is 1.31 bits per heavy atom. The number of rotatable bonds is 5. The summed E-state index contributed by atoms with van der Waals surface area (Å²) in [6, 6.07) is 3.77. The molecule has 0 spiro atoms. The summed E-state index contributed by atoms with van der Waals surface area (Å²) in [4.78, 5) is 25.8. The predicted molar refractivity (Wildman–Crippen MR) is 119 cm³/mol. The Morgan fingerprint density at radius 3 is 2.72 bits per heavy atom. The first-order valence-corrected chi connectivity index (χ1v) is 9.79. The van der Waals surface area contributed by atoms with Crippen LogP contribution in [-0.2, 0) is 13.6 Å². The third-order valence-corrected chi connectivity index (χ3v) is 5.59. The van der Waals surface area contributed by atoms with Crippen LogP contribution in [0.2, 0.25) is 0 Å². The monoisotopic (exact) mass is 441 g/mol. The molecule has 2 aromatic rings. The summed E-state index contributed by atoms with van der Waals surface area (Å²) in [6.07, 6.45) is 6.35. The number of halogens is 2. The smallest absolute Gasteiger partial charge is 0.263 e. The van der Waals surface area contributed by atoms with Crippen molar-refractivity contribution in [3.63, 3.8) is 0 Å². The molecule has 1 saturated heterocycles. The summed E-state index contributed by atoms with van der Waals surface area (Å²) in [7, 11) is 1.81. The molecule has 160 valence electrons. The highest BCUT2D eigenvalue weighted by Crippen LogP contribution is 2.39. The van der Waals surface area contributed by atoms with Crippen molar-refractivity contribution in [1.29, 1.82) is 0 Å². The third-order valence-electron chi connectivity index (χ3n) is 5.59. The Morgan fingerprint density at radius 2 is 2.07 bits per heavy atom. The minimum Gasteiger partial charge on any atom is -0.316 e. The first kappa shape index (κ1) is 23.4. The van der Waals surface area contributed by atoms with Crippen LogP contribution in [0.15, 0.2) is 23.1 Å². The van der Waals surface area contributed by atoms with Gasteiger partial charge in [-0.3, -0.25) is 14.3 Å². The topological polar surface area (TPSA) is 81.0 Å². The highest BCUT2D eigenvalue weighted by Gasteiger charge is 2.27. The van der Waals surface area contributed by atoms with E-state index in [2.05, 4.69) is 15.7 Å². The zero-order chi connectivity index (χ0) is 19.0. The Kier molecular flexibility index (Phi) is 7.91. The highest BCUT2D eigenvalue weighted by atomic mass is 35.5. The van der Waals surface area contributed by atoms with Gasteiger partial charge in [0.15, 0.2) is 0 Å². The van der Waals surface area contributed by atoms with E-state index in [0.29, 0.717) is 29.8 Å². The van der Waals surface area contributed by atoms with E-state index in [4.69, 9.17) is 0 Å². The van der Waals surface area contributed by atoms with Crippen LogP contribution in [0, 0.1) is 12.8 Å². The number of hydrogen-bond acceptors (Lipinski definition) is 4. The Bertz CT molecular complexity index is 914. The molecule has 0 radical (unpaired) electrons. The van der Waals surface area contributed by atoms with Gasteiger partial charge in [0.25, 0.3) is 11.5 Å². The number of amides is 1. The number of piperidine rings is 1. The largest absolute Gasteiger partial charge is 0.316 e. The molecule has 2 N–H and O–H groups in total. The molecule has 7 nitrogen and oxygen atoms in total. The summed E-state index contributed by atoms with van der Waals surface area (Å²) in [6.45, 7) is 4.41. The standard InChI is InChI=1S/C20H27N5O2.2ClH/c1-13-7-9-25(12-14-4-3-8-21-11-14)20(27)18(13)19(26)22-17-10-16(15-5-6-15)23-24(17)2;;/h7,9-10,14-15,21H,3-6,8,11-12H2,1-2H3,(H,22,26);2*1H. The molecule has 0 bridgehead atoms. The molecule has 9 heteroatoms. The molecule has 1 aliphatic carbocycles. The second kappa shape index (κ2) is 9.78. The summed E-state index contributed by atoms with van der Waals surface area (Å²) < 4.78 is 3.36. The normalized spacial score (nSPS) is 18.5. The lowest BCUT2D eigenvalue weighted by molar-refractivity contribution is 0.102. The van der Waals surface area contributed by atoms with Gasteiger partial charge in [0.2, 0.25) is 0 Å². The number of hydrogen-bond donors (Lipinski definition) is 2. The van der Waals surface area contributed by atoms with E-state index in [1.807, 2.05) is 26.1 Å². The molecular weight excluding hydrogens is 413 g/mol. The minimum absolute atomic E-state index is 0. The predicted octanol–water partition coefficient (Wildman–Crippen LogP) is 2.86. The van der Waals surface area contributed by atoms with Gasteiger partial charge in [0.1, 0.15) is 11.4 Å². The fourth-order valence-corrected chi connectivity index (χ4v) is 3.81. The van der Waals surface area contributed by atoms with E-state index >= 15 is 0 Å². The third kappa shape index (κ3) is 5.21. The Hall–Kier alpha value is -1.83. The molecule has 2 aliphatic rings. The quantitative estimate of drug-likeness (QED) is 0.747. The molecular formula is C20H29Cl2N5O2. The van der Waals surface area contributed by atoms with Crippen LogP contribution < -0.4 is 16.2 Å². The maximum Gasteiger partial charge on any atom is 0.263 e. The summed E-state index contributed by atoms with van der Waals surface area (Å²) in [5.74, 6) is 1.21. The van der Waals surface area contributed by atoms with E-state index in [0.717, 1.165) is 44.5 Å². The van der Waals surface area contributed by atoms with Gasteiger partial charge < -0.3 is 15.2 Å². The van der Waals surface area contributed by atoms with Crippen molar-refractivity contribution in [1.82, 2.24) is 19.7 Å². The first-order chi connectivity index (χ1) is 13.0. The average Bonchev–Trinajstić information content (AvgIpc) is 3.43. The number of carbonyl (C=O) groups excluding carboxylic acids is 1. The fraction of sp³-hybridized carbons (Fsp3) is 0.550. The van der Waals surface area contributed by atoms with Gasteiger partial charge in [0.05, 0.1) is 5.69 Å². The maximum atomic E-state index is 13.0. The number of aryl methyl sites for hydroxylation is 2. The lowest BCUT2D eigenvalue weighted by Crippen LogP contribution is -2.36. The molecule has 1 saturated carbocycles. The van der Waals surface area contributed by atoms with Gasteiger partial charge >= 0.3 is 0 Å². The van der Waals surface area contributed by atoms with Crippen molar-refractivity contribution in [2.24, 2.45) is 13.0 Å². The van der Waals surface area contributed by atoms with Gasteiger partial charge in [-0.25, -0.2) is 0 Å². The summed E-state index contributed by atoms with van der Waals surface area (Å²) in [5, 5.41) is 10.7. The lowest BCUT2D eigenvalue weighted by Gasteiger charge is -2.23. The van der Waals surface area contributed by atoms with Crippen molar-refractivity contribution < 1.29 is 4.79 Å². The van der Waals surface area contributed by atoms with Crippen molar-refractivity contribution in [2.45, 2.75) is 45.1 Å². The van der Waals surface area contributed by atoms with Crippen molar-refractivity contribution in [3.05, 3.63) is 45.5 Å². The van der Waals surface area contributed by atoms with Crippen LogP contribution in [0.1, 0.15) is 53.2 Å². The molecule has 29 heavy (non-hydrogen) atoms. The van der Waals surface area contributed by atoms with Crippen molar-refractivity contribution in [3.8, 4) is 0 Å².